The number of aromatic nitrogens is 1. The molecule has 0 saturated carbocycles. The Morgan fingerprint density at radius 1 is 1.35 bits per heavy atom. The number of pyridine rings is 1. The second kappa shape index (κ2) is 4.71. The Labute approximate surface area is 107 Å². The van der Waals surface area contributed by atoms with Gasteiger partial charge in [0.2, 0.25) is 5.88 Å². The van der Waals surface area contributed by atoms with Crippen molar-refractivity contribution in [2.75, 3.05) is 5.73 Å². The number of anilines is 1. The molecule has 0 bridgehead atoms. The molecule has 5 heteroatoms. The van der Waals surface area contributed by atoms with E-state index in [4.69, 9.17) is 10.5 Å². The van der Waals surface area contributed by atoms with Crippen molar-refractivity contribution in [3.05, 3.63) is 46.3 Å². The Hall–Kier alpha value is -1.62. The predicted molar refractivity (Wildman–Crippen MR) is 67.6 cm³/mol. The summed E-state index contributed by atoms with van der Waals surface area (Å²) in [6.45, 7) is 1.83. The van der Waals surface area contributed by atoms with E-state index in [0.29, 0.717) is 21.8 Å². The number of nitrogens with two attached hydrogens (primary N) is 1. The third-order valence-electron chi connectivity index (χ3n) is 2.16. The number of halogens is 2. The second-order valence-electron chi connectivity index (χ2n) is 3.57. The molecular formula is C12H10BrFN2O. The van der Waals surface area contributed by atoms with Crippen LogP contribution in [0.25, 0.3) is 0 Å². The number of nitrogen functional groups attached to an aromatic ring is 1. The molecule has 17 heavy (non-hydrogen) atoms. The normalized spacial score (nSPS) is 10.3. The number of benzene rings is 1. The van der Waals surface area contributed by atoms with Crippen LogP contribution in [0.1, 0.15) is 5.56 Å². The topological polar surface area (TPSA) is 48.1 Å². The van der Waals surface area contributed by atoms with Crippen LogP contribution >= 0.6 is 15.9 Å². The first-order valence-electron chi connectivity index (χ1n) is 4.91. The second-order valence-corrected chi connectivity index (χ2v) is 4.42. The Bertz CT molecular complexity index is 560. The van der Waals surface area contributed by atoms with Crippen LogP contribution in [-0.2, 0) is 0 Å². The third kappa shape index (κ3) is 2.74. The molecule has 88 valence electrons. The Kier molecular flexibility index (Phi) is 3.28. The van der Waals surface area contributed by atoms with E-state index in [-0.39, 0.29) is 5.82 Å². The van der Waals surface area contributed by atoms with Gasteiger partial charge < -0.3 is 10.5 Å². The standard InChI is InChI=1S/C12H10BrFN2O/c1-7-4-8(15)6-16-12(7)17-9-2-3-10(13)11(14)5-9/h2-6H,15H2,1H3. The summed E-state index contributed by atoms with van der Waals surface area (Å²) in [7, 11) is 0. The van der Waals surface area contributed by atoms with Gasteiger partial charge in [0.1, 0.15) is 11.6 Å². The lowest BCUT2D eigenvalue weighted by Gasteiger charge is -2.08. The summed E-state index contributed by atoms with van der Waals surface area (Å²) >= 11 is 3.08. The first-order chi connectivity index (χ1) is 8.06. The van der Waals surface area contributed by atoms with Crippen molar-refractivity contribution in [1.29, 1.82) is 0 Å². The minimum atomic E-state index is -0.379. The lowest BCUT2D eigenvalue weighted by Crippen LogP contribution is -1.94. The molecule has 2 rings (SSSR count). The maximum Gasteiger partial charge on any atom is 0.222 e. The summed E-state index contributed by atoms with van der Waals surface area (Å²) in [5.74, 6) is 0.433. The minimum Gasteiger partial charge on any atom is -0.439 e. The zero-order chi connectivity index (χ0) is 12.4. The number of aryl methyl sites for hydroxylation is 1. The fourth-order valence-electron chi connectivity index (χ4n) is 1.34. The molecule has 0 fully saturated rings. The van der Waals surface area contributed by atoms with Crippen LogP contribution in [-0.4, -0.2) is 4.98 Å². The number of hydrogen-bond donors (Lipinski definition) is 1. The molecule has 1 aromatic heterocycles. The highest BCUT2D eigenvalue weighted by molar-refractivity contribution is 9.10. The quantitative estimate of drug-likeness (QED) is 0.920. The number of rotatable bonds is 2. The average Bonchev–Trinajstić information content (AvgIpc) is 2.27. The molecule has 0 atom stereocenters. The van der Waals surface area contributed by atoms with Crippen molar-refractivity contribution in [3.63, 3.8) is 0 Å². The van der Waals surface area contributed by atoms with E-state index in [2.05, 4.69) is 20.9 Å². The maximum atomic E-state index is 13.3. The maximum absolute atomic E-state index is 13.3. The van der Waals surface area contributed by atoms with Crippen molar-refractivity contribution in [1.82, 2.24) is 4.98 Å². The fourth-order valence-corrected chi connectivity index (χ4v) is 1.59. The number of ether oxygens (including phenoxy) is 1. The molecule has 0 saturated heterocycles. The van der Waals surface area contributed by atoms with Crippen molar-refractivity contribution < 1.29 is 9.13 Å². The Morgan fingerprint density at radius 2 is 2.12 bits per heavy atom. The van der Waals surface area contributed by atoms with E-state index in [1.165, 1.54) is 12.3 Å². The summed E-state index contributed by atoms with van der Waals surface area (Å²) < 4.78 is 19.1. The average molecular weight is 297 g/mol. The molecule has 2 aromatic rings. The number of nitrogens with zero attached hydrogens (tertiary/aromatic N) is 1. The van der Waals surface area contributed by atoms with Gasteiger partial charge in [0, 0.05) is 11.6 Å². The third-order valence-corrected chi connectivity index (χ3v) is 2.80. The van der Waals surface area contributed by atoms with E-state index in [1.807, 2.05) is 6.92 Å². The summed E-state index contributed by atoms with van der Waals surface area (Å²) in [4.78, 5) is 4.04. The van der Waals surface area contributed by atoms with Gasteiger partial charge in [-0.25, -0.2) is 9.37 Å². The van der Waals surface area contributed by atoms with Gasteiger partial charge in [0.05, 0.1) is 16.4 Å². The number of hydrogen-bond acceptors (Lipinski definition) is 3. The van der Waals surface area contributed by atoms with E-state index in [1.54, 1.807) is 18.2 Å². The minimum absolute atomic E-state index is 0.379. The monoisotopic (exact) mass is 296 g/mol. The van der Waals surface area contributed by atoms with Crippen LogP contribution in [0.3, 0.4) is 0 Å². The summed E-state index contributed by atoms with van der Waals surface area (Å²) in [6.07, 6.45) is 1.50. The van der Waals surface area contributed by atoms with Crippen LogP contribution in [0.5, 0.6) is 11.6 Å². The van der Waals surface area contributed by atoms with Gasteiger partial charge >= 0.3 is 0 Å². The molecule has 0 aliphatic rings. The summed E-state index contributed by atoms with van der Waals surface area (Å²) in [5.41, 5.74) is 6.95. The first kappa shape index (κ1) is 11.9. The van der Waals surface area contributed by atoms with Gasteiger partial charge in [-0.05, 0) is 41.1 Å². The van der Waals surface area contributed by atoms with Crippen LogP contribution in [0.2, 0.25) is 0 Å². The van der Waals surface area contributed by atoms with Crippen LogP contribution in [0.4, 0.5) is 10.1 Å². The van der Waals surface area contributed by atoms with Crippen molar-refractivity contribution >= 4 is 21.6 Å². The zero-order valence-corrected chi connectivity index (χ0v) is 10.7. The van der Waals surface area contributed by atoms with E-state index in [9.17, 15) is 4.39 Å². The van der Waals surface area contributed by atoms with Gasteiger partial charge in [0.25, 0.3) is 0 Å². The van der Waals surface area contributed by atoms with Gasteiger partial charge in [0.15, 0.2) is 0 Å². The molecule has 1 heterocycles. The smallest absolute Gasteiger partial charge is 0.222 e. The predicted octanol–water partition coefficient (Wildman–Crippen LogP) is 3.67. The fraction of sp³-hybridized carbons (Fsp3) is 0.0833. The van der Waals surface area contributed by atoms with Gasteiger partial charge in [-0.1, -0.05) is 0 Å². The molecule has 0 aliphatic heterocycles. The van der Waals surface area contributed by atoms with Gasteiger partial charge in [-0.15, -0.1) is 0 Å². The summed E-state index contributed by atoms with van der Waals surface area (Å²) in [6, 6.07) is 6.28. The van der Waals surface area contributed by atoms with E-state index >= 15 is 0 Å². The molecule has 0 spiro atoms. The van der Waals surface area contributed by atoms with Crippen molar-refractivity contribution in [2.24, 2.45) is 0 Å². The van der Waals surface area contributed by atoms with Crippen LogP contribution in [0.15, 0.2) is 34.9 Å². The molecule has 0 aliphatic carbocycles. The van der Waals surface area contributed by atoms with Crippen LogP contribution < -0.4 is 10.5 Å². The largest absolute Gasteiger partial charge is 0.439 e. The highest BCUT2D eigenvalue weighted by Crippen LogP contribution is 2.26. The lowest BCUT2D eigenvalue weighted by atomic mass is 10.3. The SMILES string of the molecule is Cc1cc(N)cnc1Oc1ccc(Br)c(F)c1. The van der Waals surface area contributed by atoms with Gasteiger partial charge in [-0.2, -0.15) is 0 Å². The van der Waals surface area contributed by atoms with Crippen LogP contribution in [0, 0.1) is 12.7 Å². The lowest BCUT2D eigenvalue weighted by molar-refractivity contribution is 0.454. The molecule has 0 amide bonds. The highest BCUT2D eigenvalue weighted by Gasteiger charge is 2.06. The highest BCUT2D eigenvalue weighted by atomic mass is 79.9. The first-order valence-corrected chi connectivity index (χ1v) is 5.70. The molecule has 0 radical (unpaired) electrons. The zero-order valence-electron chi connectivity index (χ0n) is 9.08. The molecule has 3 nitrogen and oxygen atoms in total. The van der Waals surface area contributed by atoms with Gasteiger partial charge in [-0.3, -0.25) is 0 Å². The molecule has 0 unspecified atom stereocenters. The van der Waals surface area contributed by atoms with Crippen molar-refractivity contribution in [2.45, 2.75) is 6.92 Å². The Morgan fingerprint density at radius 3 is 2.76 bits per heavy atom. The summed E-state index contributed by atoms with van der Waals surface area (Å²) in [5, 5.41) is 0. The Balaban J connectivity index is 2.28. The van der Waals surface area contributed by atoms with E-state index < -0.39 is 0 Å². The molecular weight excluding hydrogens is 287 g/mol. The molecule has 1 aromatic carbocycles. The molecule has 2 N–H and O–H groups in total. The van der Waals surface area contributed by atoms with Crippen molar-refractivity contribution in [3.8, 4) is 11.6 Å². The van der Waals surface area contributed by atoms with E-state index in [0.717, 1.165) is 5.56 Å².